The molecule has 1 aromatic carbocycles. The van der Waals surface area contributed by atoms with Crippen LogP contribution < -0.4 is 5.73 Å². The normalized spacial score (nSPS) is 18.7. The smallest absolute Gasteiger partial charge is 0.183 e. The Labute approximate surface area is 80.1 Å². The van der Waals surface area contributed by atoms with E-state index < -0.39 is 17.1 Å². The number of nitrogens with two attached hydrogens (primary N) is 1. The van der Waals surface area contributed by atoms with Gasteiger partial charge in [0, 0.05) is 5.54 Å². The van der Waals surface area contributed by atoms with Crippen molar-refractivity contribution in [3.05, 3.63) is 28.5 Å². The van der Waals surface area contributed by atoms with Gasteiger partial charge in [0.05, 0.1) is 5.02 Å². The first kappa shape index (κ1) is 8.78. The molecule has 70 valence electrons. The molecular formula is C9H9ClFNO. The van der Waals surface area contributed by atoms with Crippen LogP contribution in [0.1, 0.15) is 18.4 Å². The van der Waals surface area contributed by atoms with Crippen molar-refractivity contribution in [3.8, 4) is 5.75 Å². The van der Waals surface area contributed by atoms with Gasteiger partial charge in [0.2, 0.25) is 0 Å². The number of phenols is 1. The highest BCUT2D eigenvalue weighted by Crippen LogP contribution is 2.44. The Kier molecular flexibility index (Phi) is 1.75. The minimum absolute atomic E-state index is 0.0771. The molecule has 0 aliphatic heterocycles. The van der Waals surface area contributed by atoms with Gasteiger partial charge in [-0.25, -0.2) is 4.39 Å². The van der Waals surface area contributed by atoms with E-state index in [2.05, 4.69) is 0 Å². The molecular weight excluding hydrogens is 193 g/mol. The second kappa shape index (κ2) is 2.59. The van der Waals surface area contributed by atoms with E-state index >= 15 is 0 Å². The van der Waals surface area contributed by atoms with E-state index in [1.54, 1.807) is 0 Å². The molecule has 2 rings (SSSR count). The summed E-state index contributed by atoms with van der Waals surface area (Å²) < 4.78 is 12.9. The maximum absolute atomic E-state index is 12.9. The van der Waals surface area contributed by atoms with Crippen LogP contribution in [0.25, 0.3) is 0 Å². The maximum Gasteiger partial charge on any atom is 0.183 e. The van der Waals surface area contributed by atoms with Gasteiger partial charge in [-0.05, 0) is 30.5 Å². The van der Waals surface area contributed by atoms with Gasteiger partial charge in [0.1, 0.15) is 0 Å². The van der Waals surface area contributed by atoms with E-state index in [0.717, 1.165) is 12.8 Å². The first-order chi connectivity index (χ1) is 6.03. The SMILES string of the molecule is NC1(c2cc(O)c(F)c(Cl)c2)CC1. The molecule has 1 fully saturated rings. The molecule has 2 nitrogen and oxygen atoms in total. The lowest BCUT2D eigenvalue weighted by atomic mass is 10.1. The Morgan fingerprint density at radius 2 is 2.08 bits per heavy atom. The van der Waals surface area contributed by atoms with E-state index in [-0.39, 0.29) is 5.02 Å². The van der Waals surface area contributed by atoms with E-state index in [9.17, 15) is 4.39 Å². The van der Waals surface area contributed by atoms with Crippen molar-refractivity contribution in [3.63, 3.8) is 0 Å². The van der Waals surface area contributed by atoms with Crippen LogP contribution in [0, 0.1) is 5.82 Å². The summed E-state index contributed by atoms with van der Waals surface area (Å²) in [5.41, 5.74) is 6.17. The van der Waals surface area contributed by atoms with Gasteiger partial charge in [-0.3, -0.25) is 0 Å². The zero-order chi connectivity index (χ0) is 9.64. The maximum atomic E-state index is 12.9. The molecule has 0 radical (unpaired) electrons. The second-order valence-corrected chi connectivity index (χ2v) is 3.85. The predicted molar refractivity (Wildman–Crippen MR) is 48.2 cm³/mol. The molecule has 1 aromatic rings. The number of aromatic hydroxyl groups is 1. The lowest BCUT2D eigenvalue weighted by Gasteiger charge is -2.10. The number of rotatable bonds is 1. The van der Waals surface area contributed by atoms with Gasteiger partial charge < -0.3 is 10.8 Å². The second-order valence-electron chi connectivity index (χ2n) is 3.45. The summed E-state index contributed by atoms with van der Waals surface area (Å²) in [5.74, 6) is -1.21. The molecule has 1 saturated carbocycles. The Morgan fingerprint density at radius 1 is 1.46 bits per heavy atom. The van der Waals surface area contributed by atoms with Crippen molar-refractivity contribution in [2.24, 2.45) is 5.73 Å². The molecule has 4 heteroatoms. The number of halogens is 2. The molecule has 1 aliphatic rings. The zero-order valence-corrected chi connectivity index (χ0v) is 7.61. The Hall–Kier alpha value is -0.800. The molecule has 1 aliphatic carbocycles. The zero-order valence-electron chi connectivity index (χ0n) is 6.85. The average Bonchev–Trinajstić information content (AvgIpc) is 2.80. The third-order valence-electron chi connectivity index (χ3n) is 2.37. The molecule has 0 spiro atoms. The quantitative estimate of drug-likeness (QED) is 0.731. The summed E-state index contributed by atoms with van der Waals surface area (Å²) in [6.45, 7) is 0. The Balaban J connectivity index is 2.50. The number of phenolic OH excluding ortho intramolecular Hbond substituents is 1. The Morgan fingerprint density at radius 3 is 2.54 bits per heavy atom. The summed E-state index contributed by atoms with van der Waals surface area (Å²) in [6.07, 6.45) is 1.71. The third kappa shape index (κ3) is 1.38. The van der Waals surface area contributed by atoms with Crippen molar-refractivity contribution in [1.29, 1.82) is 0 Å². The first-order valence-electron chi connectivity index (χ1n) is 4.00. The van der Waals surface area contributed by atoms with Crippen LogP contribution in [0.2, 0.25) is 5.02 Å². The fourth-order valence-electron chi connectivity index (χ4n) is 1.29. The molecule has 0 saturated heterocycles. The highest BCUT2D eigenvalue weighted by Gasteiger charge is 2.40. The van der Waals surface area contributed by atoms with Crippen molar-refractivity contribution >= 4 is 11.6 Å². The van der Waals surface area contributed by atoms with Gasteiger partial charge in [0.25, 0.3) is 0 Å². The molecule has 0 heterocycles. The molecule has 3 N–H and O–H groups in total. The molecule has 0 bridgehead atoms. The molecule has 0 unspecified atom stereocenters. The summed E-state index contributed by atoms with van der Waals surface area (Å²) in [6, 6.07) is 2.82. The fourth-order valence-corrected chi connectivity index (χ4v) is 1.50. The Bertz CT molecular complexity index is 340. The molecule has 13 heavy (non-hydrogen) atoms. The number of hydrogen-bond donors (Lipinski definition) is 2. The van der Waals surface area contributed by atoms with Crippen molar-refractivity contribution in [2.75, 3.05) is 0 Å². The van der Waals surface area contributed by atoms with Crippen molar-refractivity contribution < 1.29 is 9.50 Å². The van der Waals surface area contributed by atoms with E-state index in [1.807, 2.05) is 0 Å². The van der Waals surface area contributed by atoms with Crippen LogP contribution >= 0.6 is 11.6 Å². The standard InChI is InChI=1S/C9H9ClFNO/c10-6-3-5(9(12)1-2-9)4-7(13)8(6)11/h3-4,13H,1-2,12H2. The van der Waals surface area contributed by atoms with Crippen LogP contribution in [-0.4, -0.2) is 5.11 Å². The largest absolute Gasteiger partial charge is 0.505 e. The van der Waals surface area contributed by atoms with E-state index in [0.29, 0.717) is 5.56 Å². The predicted octanol–water partition coefficient (Wildman–Crippen LogP) is 2.13. The summed E-state index contributed by atoms with van der Waals surface area (Å²) in [5, 5.41) is 9.08. The average molecular weight is 202 g/mol. The highest BCUT2D eigenvalue weighted by molar-refractivity contribution is 6.31. The number of hydrogen-bond acceptors (Lipinski definition) is 2. The number of benzene rings is 1. The van der Waals surface area contributed by atoms with Gasteiger partial charge >= 0.3 is 0 Å². The van der Waals surface area contributed by atoms with Crippen LogP contribution in [0.4, 0.5) is 4.39 Å². The minimum atomic E-state index is -0.783. The van der Waals surface area contributed by atoms with Crippen LogP contribution in [0.5, 0.6) is 5.75 Å². The van der Waals surface area contributed by atoms with Gasteiger partial charge in [0.15, 0.2) is 11.6 Å². The van der Waals surface area contributed by atoms with Crippen LogP contribution in [0.15, 0.2) is 12.1 Å². The third-order valence-corrected chi connectivity index (χ3v) is 2.65. The van der Waals surface area contributed by atoms with Gasteiger partial charge in [-0.15, -0.1) is 0 Å². The van der Waals surface area contributed by atoms with Gasteiger partial charge in [-0.1, -0.05) is 11.6 Å². The summed E-state index contributed by atoms with van der Waals surface area (Å²) in [7, 11) is 0. The van der Waals surface area contributed by atoms with Gasteiger partial charge in [-0.2, -0.15) is 0 Å². The highest BCUT2D eigenvalue weighted by atomic mass is 35.5. The van der Waals surface area contributed by atoms with E-state index in [4.69, 9.17) is 22.4 Å². The fraction of sp³-hybridized carbons (Fsp3) is 0.333. The molecule has 0 amide bonds. The van der Waals surface area contributed by atoms with E-state index in [1.165, 1.54) is 12.1 Å². The summed E-state index contributed by atoms with van der Waals surface area (Å²) >= 11 is 5.56. The van der Waals surface area contributed by atoms with Crippen LogP contribution in [0.3, 0.4) is 0 Å². The lowest BCUT2D eigenvalue weighted by molar-refractivity contribution is 0.430. The van der Waals surface area contributed by atoms with Crippen molar-refractivity contribution in [2.45, 2.75) is 18.4 Å². The monoisotopic (exact) mass is 201 g/mol. The molecule has 0 aromatic heterocycles. The summed E-state index contributed by atoms with van der Waals surface area (Å²) in [4.78, 5) is 0. The lowest BCUT2D eigenvalue weighted by Crippen LogP contribution is -2.18. The van der Waals surface area contributed by atoms with Crippen LogP contribution in [-0.2, 0) is 5.54 Å². The van der Waals surface area contributed by atoms with Crippen molar-refractivity contribution in [1.82, 2.24) is 0 Å². The minimum Gasteiger partial charge on any atom is -0.505 e. The topological polar surface area (TPSA) is 46.2 Å². The first-order valence-corrected chi connectivity index (χ1v) is 4.38. The molecule has 0 atom stereocenters.